The zero-order valence-corrected chi connectivity index (χ0v) is 24.2. The lowest BCUT2D eigenvalue weighted by molar-refractivity contribution is 1.03. The quantitative estimate of drug-likeness (QED) is 0.177. The Morgan fingerprint density at radius 2 is 1.05 bits per heavy atom. The summed E-state index contributed by atoms with van der Waals surface area (Å²) in [5.74, 6) is 0.523. The maximum absolute atomic E-state index is 14.7. The molecule has 7 rings (SSSR count). The second-order valence-electron chi connectivity index (χ2n) is 9.77. The van der Waals surface area contributed by atoms with Gasteiger partial charge in [-0.2, -0.15) is 0 Å². The number of fused-ring (bicyclic) bond motifs is 1. The number of hydrogen-bond acceptors (Lipinski definition) is 4. The van der Waals surface area contributed by atoms with E-state index in [1.165, 1.54) is 11.8 Å². The average Bonchev–Trinajstić information content (AvgIpc) is 3.47. The van der Waals surface area contributed by atoms with Crippen molar-refractivity contribution >= 4 is 51.3 Å². The molecule has 2 heterocycles. The molecule has 202 valence electrons. The molecule has 0 aliphatic rings. The largest absolute Gasteiger partial charge is 0.333 e. The third-order valence-corrected chi connectivity index (χ3v) is 12.6. The first kappa shape index (κ1) is 26.1. The second kappa shape index (κ2) is 11.2. The predicted molar refractivity (Wildman–Crippen MR) is 175 cm³/mol. The Morgan fingerprint density at radius 3 is 1.60 bits per heavy atom. The van der Waals surface area contributed by atoms with Crippen LogP contribution in [0, 0.1) is 0 Å². The van der Waals surface area contributed by atoms with Crippen LogP contribution in [0.1, 0.15) is 0 Å². The van der Waals surface area contributed by atoms with E-state index in [-0.39, 0.29) is 5.56 Å². The minimum Gasteiger partial charge on any atom is -0.333 e. The van der Waals surface area contributed by atoms with Crippen LogP contribution in [0.25, 0.3) is 22.4 Å². The van der Waals surface area contributed by atoms with Crippen LogP contribution in [0.4, 0.5) is 0 Å². The van der Waals surface area contributed by atoms with Crippen LogP contribution in [-0.4, -0.2) is 19.9 Å². The number of nitrogens with zero attached hydrogens (tertiary/aromatic N) is 2. The second-order valence-corrected chi connectivity index (χ2v) is 14.1. The molecule has 0 aliphatic heterocycles. The lowest BCUT2D eigenvalue weighted by Gasteiger charge is -2.27. The van der Waals surface area contributed by atoms with Crippen molar-refractivity contribution in [2.24, 2.45) is 0 Å². The highest BCUT2D eigenvalue weighted by Gasteiger charge is 2.52. The molecule has 2 N–H and O–H groups in total. The van der Waals surface area contributed by atoms with E-state index >= 15 is 0 Å². The van der Waals surface area contributed by atoms with Crippen molar-refractivity contribution < 1.29 is 0 Å². The molecule has 7 aromatic rings. The van der Waals surface area contributed by atoms with E-state index in [1.807, 2.05) is 109 Å². The third kappa shape index (κ3) is 4.65. The summed E-state index contributed by atoms with van der Waals surface area (Å²) in [5.41, 5.74) is 2.48. The Kier molecular flexibility index (Phi) is 7.00. The van der Waals surface area contributed by atoms with Gasteiger partial charge >= 0.3 is 0 Å². The summed E-state index contributed by atoms with van der Waals surface area (Å²) in [6.45, 7) is 0. The highest BCUT2D eigenvalue weighted by molar-refractivity contribution is 8.04. The van der Waals surface area contributed by atoms with Gasteiger partial charge in [-0.25, -0.2) is 9.97 Å². The number of hydrogen-bond donors (Lipinski definition) is 2. The van der Waals surface area contributed by atoms with E-state index in [2.05, 4.69) is 46.4 Å². The van der Waals surface area contributed by atoms with E-state index in [9.17, 15) is 4.79 Å². The van der Waals surface area contributed by atoms with Gasteiger partial charge in [-0.05, 0) is 60.3 Å². The molecule has 42 heavy (non-hydrogen) atoms. The summed E-state index contributed by atoms with van der Waals surface area (Å²) in [4.78, 5) is 31.3. The molecule has 5 nitrogen and oxygen atoms in total. The number of H-pyrrole nitrogens is 2. The fourth-order valence-electron chi connectivity index (χ4n) is 5.40. The molecule has 0 amide bonds. The van der Waals surface area contributed by atoms with Gasteiger partial charge in [0.25, 0.3) is 5.56 Å². The van der Waals surface area contributed by atoms with E-state index in [0.29, 0.717) is 21.3 Å². The first-order chi connectivity index (χ1) is 20.7. The maximum Gasteiger partial charge on any atom is 0.296 e. The highest BCUT2D eigenvalue weighted by Crippen LogP contribution is 2.55. The molecule has 0 bridgehead atoms. The molecule has 7 heteroatoms. The van der Waals surface area contributed by atoms with Gasteiger partial charge < -0.3 is 9.97 Å². The number of para-hydroxylation sites is 2. The first-order valence-corrected chi connectivity index (χ1v) is 16.2. The molecule has 0 saturated carbocycles. The average molecular weight is 582 g/mol. The number of nitrogens with one attached hydrogen (secondary N) is 2. The van der Waals surface area contributed by atoms with Gasteiger partial charge in [0.15, 0.2) is 17.4 Å². The monoisotopic (exact) mass is 581 g/mol. The van der Waals surface area contributed by atoms with Crippen molar-refractivity contribution in [2.45, 2.75) is 10.2 Å². The predicted octanol–water partition coefficient (Wildman–Crippen LogP) is 6.08. The van der Waals surface area contributed by atoms with Crippen molar-refractivity contribution in [3.8, 4) is 11.4 Å². The lowest BCUT2D eigenvalue weighted by atomic mass is 10.2. The SMILES string of the molecule is O=c1[nH]c(-c2ccccc2)nc(Sc2nc3ccccc3[nH]2)c1[P+](c1ccccc1)(c1ccccc1)c1ccccc1. The van der Waals surface area contributed by atoms with Gasteiger partial charge in [0, 0.05) is 5.56 Å². The van der Waals surface area contributed by atoms with Crippen LogP contribution in [0.5, 0.6) is 0 Å². The van der Waals surface area contributed by atoms with E-state index in [0.717, 1.165) is 32.5 Å². The molecule has 0 fully saturated rings. The number of imidazole rings is 1. The van der Waals surface area contributed by atoms with Crippen LogP contribution >= 0.6 is 19.0 Å². The van der Waals surface area contributed by atoms with Crippen molar-refractivity contribution in [3.63, 3.8) is 0 Å². The Labute approximate surface area is 248 Å². The molecule has 0 spiro atoms. The van der Waals surface area contributed by atoms with Crippen LogP contribution in [0.2, 0.25) is 0 Å². The first-order valence-electron chi connectivity index (χ1n) is 13.6. The normalized spacial score (nSPS) is 11.5. The van der Waals surface area contributed by atoms with Crippen LogP contribution in [0.15, 0.2) is 161 Å². The minimum atomic E-state index is -2.73. The molecule has 5 aromatic carbocycles. The zero-order chi connectivity index (χ0) is 28.4. The van der Waals surface area contributed by atoms with E-state index < -0.39 is 7.26 Å². The van der Waals surface area contributed by atoms with Crippen LogP contribution in [-0.2, 0) is 0 Å². The number of aromatic amines is 2. The van der Waals surface area contributed by atoms with Gasteiger partial charge in [-0.3, -0.25) is 4.79 Å². The fraction of sp³-hybridized carbons (Fsp3) is 0. The topological polar surface area (TPSA) is 74.4 Å². The molecule has 0 radical (unpaired) electrons. The van der Waals surface area contributed by atoms with Gasteiger partial charge in [0.2, 0.25) is 5.30 Å². The standard InChI is InChI=1S/C35H25N4OPS/c40-33-31(41(26-17-7-2-8-18-26,27-19-9-3-10-20-27)28-21-11-4-12-22-28)34(39-32(38-33)25-15-5-1-6-16-25)42-35-36-29-23-13-14-24-30(29)37-35/h1-24H,(H-,36,37,38,39,40)/p+1. The summed E-state index contributed by atoms with van der Waals surface area (Å²) in [5, 5.41) is 5.19. The highest BCUT2D eigenvalue weighted by atomic mass is 32.2. The van der Waals surface area contributed by atoms with Crippen molar-refractivity contribution in [1.82, 2.24) is 19.9 Å². The Balaban J connectivity index is 1.58. The van der Waals surface area contributed by atoms with Crippen LogP contribution in [0.3, 0.4) is 0 Å². The molecule has 2 aromatic heterocycles. The summed E-state index contributed by atoms with van der Waals surface area (Å²) >= 11 is 1.40. The molecular formula is C35H26N4OPS+. The molecule has 0 saturated heterocycles. The van der Waals surface area contributed by atoms with Crippen molar-refractivity contribution in [2.75, 3.05) is 0 Å². The van der Waals surface area contributed by atoms with Gasteiger partial charge in [-0.1, -0.05) is 97.1 Å². The number of rotatable bonds is 7. The molecule has 0 atom stereocenters. The Morgan fingerprint density at radius 1 is 0.548 bits per heavy atom. The molecule has 0 aliphatic carbocycles. The smallest absolute Gasteiger partial charge is 0.296 e. The van der Waals surface area contributed by atoms with Crippen LogP contribution < -0.4 is 26.8 Å². The van der Waals surface area contributed by atoms with Crippen molar-refractivity contribution in [3.05, 3.63) is 156 Å². The summed E-state index contributed by atoms with van der Waals surface area (Å²) in [6, 6.07) is 48.8. The Hall–Kier alpha value is -4.77. The molecular weight excluding hydrogens is 555 g/mol. The minimum absolute atomic E-state index is 0.160. The molecule has 0 unspecified atom stereocenters. The van der Waals surface area contributed by atoms with Gasteiger partial charge in [-0.15, -0.1) is 0 Å². The number of benzene rings is 5. The zero-order valence-electron chi connectivity index (χ0n) is 22.5. The van der Waals surface area contributed by atoms with E-state index in [4.69, 9.17) is 9.97 Å². The fourth-order valence-corrected chi connectivity index (χ4v) is 11.0. The summed E-state index contributed by atoms with van der Waals surface area (Å²) < 4.78 is 0. The third-order valence-electron chi connectivity index (χ3n) is 7.24. The number of aromatic nitrogens is 4. The van der Waals surface area contributed by atoms with Gasteiger partial charge in [0.05, 0.1) is 11.0 Å². The van der Waals surface area contributed by atoms with E-state index in [1.54, 1.807) is 0 Å². The van der Waals surface area contributed by atoms with Gasteiger partial charge in [0.1, 0.15) is 21.7 Å². The van der Waals surface area contributed by atoms with Crippen molar-refractivity contribution in [1.29, 1.82) is 0 Å². The summed E-state index contributed by atoms with van der Waals surface area (Å²) in [7, 11) is -2.73. The Bertz CT molecular complexity index is 1900. The lowest BCUT2D eigenvalue weighted by Crippen LogP contribution is -2.46. The maximum atomic E-state index is 14.7. The summed E-state index contributed by atoms with van der Waals surface area (Å²) in [6.07, 6.45) is 0.